The largest absolute Gasteiger partial charge is 0.443 e. The van der Waals surface area contributed by atoms with Gasteiger partial charge in [-0.15, -0.1) is 24.0 Å². The average Bonchev–Trinajstić information content (AvgIpc) is 3.02. The summed E-state index contributed by atoms with van der Waals surface area (Å²) in [7, 11) is 0. The molecule has 2 rings (SSSR count). The minimum absolute atomic E-state index is 0.315. The van der Waals surface area contributed by atoms with Gasteiger partial charge in [-0.1, -0.05) is 31.5 Å². The van der Waals surface area contributed by atoms with Crippen LogP contribution in [0.3, 0.4) is 0 Å². The molecule has 0 atom stereocenters. The van der Waals surface area contributed by atoms with Crippen LogP contribution in [0.5, 0.6) is 0 Å². The highest BCUT2D eigenvalue weighted by Gasteiger charge is 2.26. The maximum Gasteiger partial charge on any atom is 0.415 e. The Labute approximate surface area is 164 Å². The van der Waals surface area contributed by atoms with E-state index in [2.05, 4.69) is 17.6 Å². The van der Waals surface area contributed by atoms with Crippen LogP contribution in [0.2, 0.25) is 5.15 Å². The highest BCUT2D eigenvalue weighted by molar-refractivity contribution is 7.80. The van der Waals surface area contributed by atoms with Crippen molar-refractivity contribution in [2.75, 3.05) is 4.90 Å². The van der Waals surface area contributed by atoms with E-state index in [4.69, 9.17) is 16.3 Å². The average molecular weight is 401 g/mol. The number of rotatable bonds is 3. The molecule has 0 saturated heterocycles. The number of halogens is 1. The lowest BCUT2D eigenvalue weighted by Crippen LogP contribution is -2.36. The fraction of sp³-hybridized carbons (Fsp3) is 0.444. The third kappa shape index (κ3) is 6.53. The van der Waals surface area contributed by atoms with Crippen LogP contribution in [-0.4, -0.2) is 16.7 Å². The van der Waals surface area contributed by atoms with Crippen molar-refractivity contribution in [3.8, 4) is 0 Å². The molecule has 0 spiro atoms. The number of hydrogen-bond donors (Lipinski definition) is 1. The first kappa shape index (κ1) is 21.8. The number of thiol groups is 1. The number of thiophene rings is 1. The smallest absolute Gasteiger partial charge is 0.415 e. The van der Waals surface area contributed by atoms with Crippen molar-refractivity contribution in [2.45, 2.75) is 58.6 Å². The van der Waals surface area contributed by atoms with Crippen molar-refractivity contribution in [3.05, 3.63) is 39.3 Å². The van der Waals surface area contributed by atoms with E-state index in [1.165, 1.54) is 0 Å². The van der Waals surface area contributed by atoms with E-state index in [1.807, 2.05) is 52.1 Å². The summed E-state index contributed by atoms with van der Waals surface area (Å²) < 4.78 is 5.53. The van der Waals surface area contributed by atoms with Gasteiger partial charge >= 0.3 is 6.09 Å². The second-order valence-electron chi connectivity index (χ2n) is 6.04. The van der Waals surface area contributed by atoms with Crippen molar-refractivity contribution in [1.29, 1.82) is 0 Å². The van der Waals surface area contributed by atoms with Crippen LogP contribution in [0, 0.1) is 6.92 Å². The summed E-state index contributed by atoms with van der Waals surface area (Å²) in [5.41, 5.74) is 0.664. The molecule has 0 unspecified atom stereocenters. The second kappa shape index (κ2) is 9.46. The van der Waals surface area contributed by atoms with E-state index >= 15 is 0 Å². The summed E-state index contributed by atoms with van der Waals surface area (Å²) in [5, 5.41) is 2.28. The van der Waals surface area contributed by atoms with Crippen LogP contribution in [0.1, 0.15) is 45.2 Å². The van der Waals surface area contributed by atoms with E-state index in [0.717, 1.165) is 4.88 Å². The number of amides is 1. The number of carbonyl (C=O) groups excluding carboxylic acids is 1. The molecule has 4 nitrogen and oxygen atoms in total. The summed E-state index contributed by atoms with van der Waals surface area (Å²) in [4.78, 5) is 20.0. The topological polar surface area (TPSA) is 42.4 Å². The van der Waals surface area contributed by atoms with Gasteiger partial charge in [-0.2, -0.15) is 0 Å². The molecule has 25 heavy (non-hydrogen) atoms. The van der Waals surface area contributed by atoms with Gasteiger partial charge in [-0.3, -0.25) is 4.90 Å². The Bertz CT molecular complexity index is 698. The summed E-state index contributed by atoms with van der Waals surface area (Å²) in [6.45, 7) is 11.7. The molecule has 0 radical (unpaired) electrons. The molecule has 0 aliphatic rings. The third-order valence-electron chi connectivity index (χ3n) is 2.91. The predicted octanol–water partition coefficient (Wildman–Crippen LogP) is 6.36. The van der Waals surface area contributed by atoms with E-state index in [-0.39, 0.29) is 0 Å². The lowest BCUT2D eigenvalue weighted by atomic mass is 10.2. The molecule has 0 bridgehead atoms. The van der Waals surface area contributed by atoms with E-state index in [1.54, 1.807) is 29.2 Å². The van der Waals surface area contributed by atoms with Crippen LogP contribution in [0.15, 0.2) is 28.5 Å². The van der Waals surface area contributed by atoms with Crippen LogP contribution in [-0.2, 0) is 11.3 Å². The number of hydrogen-bond acceptors (Lipinski definition) is 5. The number of pyridine rings is 1. The first-order chi connectivity index (χ1) is 11.7. The van der Waals surface area contributed by atoms with Crippen LogP contribution >= 0.6 is 35.6 Å². The molecule has 138 valence electrons. The maximum atomic E-state index is 12.7. The number of nitrogens with zero attached hydrogens (tertiary/aromatic N) is 2. The highest BCUT2D eigenvalue weighted by atomic mass is 35.5. The molecule has 0 aliphatic heterocycles. The maximum absolute atomic E-state index is 12.7. The number of carbonyl (C=O) groups is 1. The monoisotopic (exact) mass is 400 g/mol. The third-order valence-corrected chi connectivity index (χ3v) is 4.52. The molecule has 7 heteroatoms. The van der Waals surface area contributed by atoms with Gasteiger partial charge in [-0.05, 0) is 39.1 Å². The first-order valence-corrected chi connectivity index (χ1v) is 9.77. The molecular weight excluding hydrogens is 376 g/mol. The number of aromatic nitrogens is 1. The van der Waals surface area contributed by atoms with Crippen molar-refractivity contribution < 1.29 is 9.53 Å². The van der Waals surface area contributed by atoms with Crippen molar-refractivity contribution in [3.63, 3.8) is 0 Å². The van der Waals surface area contributed by atoms with Gasteiger partial charge in [0.2, 0.25) is 0 Å². The lowest BCUT2D eigenvalue weighted by Gasteiger charge is -2.28. The Morgan fingerprint density at radius 3 is 2.56 bits per heavy atom. The van der Waals surface area contributed by atoms with E-state index in [9.17, 15) is 4.79 Å². The van der Waals surface area contributed by atoms with Crippen LogP contribution in [0.4, 0.5) is 10.5 Å². The quantitative estimate of drug-likeness (QED) is 0.481. The minimum Gasteiger partial charge on any atom is -0.443 e. The van der Waals surface area contributed by atoms with E-state index < -0.39 is 11.7 Å². The molecular formula is C18H25ClN2O2S2. The number of aryl methyl sites for hydroxylation is 1. The molecule has 2 aromatic rings. The van der Waals surface area contributed by atoms with Crippen molar-refractivity contribution in [2.24, 2.45) is 0 Å². The van der Waals surface area contributed by atoms with Gasteiger partial charge in [0, 0.05) is 15.8 Å². The van der Waals surface area contributed by atoms with Gasteiger partial charge in [0.05, 0.1) is 17.9 Å². The highest BCUT2D eigenvalue weighted by Crippen LogP contribution is 2.32. The second-order valence-corrected chi connectivity index (χ2v) is 7.91. The molecule has 2 heterocycles. The lowest BCUT2D eigenvalue weighted by molar-refractivity contribution is 0.0577. The van der Waals surface area contributed by atoms with Gasteiger partial charge in [-0.25, -0.2) is 9.78 Å². The fourth-order valence-corrected chi connectivity index (χ4v) is 3.10. The summed E-state index contributed by atoms with van der Waals surface area (Å²) in [5.74, 6) is 0. The summed E-state index contributed by atoms with van der Waals surface area (Å²) >= 11 is 12.1. The minimum atomic E-state index is -0.590. The van der Waals surface area contributed by atoms with Crippen LogP contribution < -0.4 is 4.90 Å². The van der Waals surface area contributed by atoms with Gasteiger partial charge < -0.3 is 4.74 Å². The zero-order chi connectivity index (χ0) is 19.2. The Morgan fingerprint density at radius 2 is 2.04 bits per heavy atom. The Balaban J connectivity index is 0.00000151. The number of ether oxygens (including phenoxy) is 1. The molecule has 0 aromatic carbocycles. The van der Waals surface area contributed by atoms with Gasteiger partial charge in [0.1, 0.15) is 10.8 Å². The Morgan fingerprint density at radius 1 is 1.40 bits per heavy atom. The molecule has 0 saturated carbocycles. The summed E-state index contributed by atoms with van der Waals surface area (Å²) in [6, 6.07) is 5.55. The normalized spacial score (nSPS) is 10.7. The standard InChI is InChI=1S/C16H19ClN2O2S2.C2H6/c1-10-14(22)12(8-13(17)18-10)19(9-11-6-5-7-23-11)15(20)21-16(2,3)4;1-2/h5-8,22H,9H2,1-4H3;1-2H3. The SMILES string of the molecule is CC.Cc1nc(Cl)cc(N(Cc2cccs2)C(=O)OC(C)(C)C)c1S. The molecule has 0 fully saturated rings. The molecule has 2 aromatic heterocycles. The van der Waals surface area contributed by atoms with Crippen LogP contribution in [0.25, 0.3) is 0 Å². The van der Waals surface area contributed by atoms with E-state index in [0.29, 0.717) is 28.0 Å². The molecule has 0 N–H and O–H groups in total. The summed E-state index contributed by atoms with van der Waals surface area (Å²) in [6.07, 6.45) is -0.442. The Hall–Kier alpha value is -1.24. The zero-order valence-corrected chi connectivity index (χ0v) is 17.9. The predicted molar refractivity (Wildman–Crippen MR) is 109 cm³/mol. The van der Waals surface area contributed by atoms with Gasteiger partial charge in [0.15, 0.2) is 0 Å². The Kier molecular flexibility index (Phi) is 8.25. The van der Waals surface area contributed by atoms with Gasteiger partial charge in [0.25, 0.3) is 0 Å². The zero-order valence-electron chi connectivity index (χ0n) is 15.5. The fourth-order valence-electron chi connectivity index (χ4n) is 1.94. The number of anilines is 1. The van der Waals surface area contributed by atoms with Crippen molar-refractivity contribution >= 4 is 47.3 Å². The molecule has 0 aliphatic carbocycles. The first-order valence-electron chi connectivity index (χ1n) is 8.06. The molecule has 1 amide bonds. The van der Waals surface area contributed by atoms with Crippen molar-refractivity contribution in [1.82, 2.24) is 4.98 Å².